The van der Waals surface area contributed by atoms with Crippen LogP contribution in [0, 0.1) is 5.41 Å². The molecule has 0 saturated carbocycles. The Balaban J connectivity index is 1.96. The molecule has 1 fully saturated rings. The maximum Gasteiger partial charge on any atom is 0.0517 e. The predicted molar refractivity (Wildman–Crippen MR) is 107 cm³/mol. The van der Waals surface area contributed by atoms with Crippen molar-refractivity contribution in [3.05, 3.63) is 29.8 Å². The molecule has 4 nitrogen and oxygen atoms in total. The topological polar surface area (TPSA) is 38.7 Å². The van der Waals surface area contributed by atoms with Crippen LogP contribution in [0.25, 0.3) is 0 Å². The predicted octanol–water partition coefficient (Wildman–Crippen LogP) is 3.10. The Morgan fingerprint density at radius 1 is 1.28 bits per heavy atom. The van der Waals surface area contributed by atoms with E-state index in [-0.39, 0.29) is 11.5 Å². The molecule has 1 aliphatic rings. The summed E-state index contributed by atoms with van der Waals surface area (Å²) in [5, 5.41) is 13.3. The zero-order valence-corrected chi connectivity index (χ0v) is 16.8. The number of para-hydroxylation sites is 1. The first kappa shape index (κ1) is 20.2. The van der Waals surface area contributed by atoms with Crippen LogP contribution in [0.5, 0.6) is 0 Å². The van der Waals surface area contributed by atoms with E-state index in [1.807, 2.05) is 6.92 Å². The van der Waals surface area contributed by atoms with Crippen LogP contribution in [0.3, 0.4) is 0 Å². The minimum absolute atomic E-state index is 0.100. The van der Waals surface area contributed by atoms with Gasteiger partial charge in [0.25, 0.3) is 0 Å². The third-order valence-corrected chi connectivity index (χ3v) is 5.37. The van der Waals surface area contributed by atoms with Gasteiger partial charge in [-0.15, -0.1) is 0 Å². The molecule has 0 amide bonds. The first-order valence-electron chi connectivity index (χ1n) is 9.66. The van der Waals surface area contributed by atoms with Crippen LogP contribution in [0.1, 0.15) is 45.6 Å². The van der Waals surface area contributed by atoms with Gasteiger partial charge in [-0.2, -0.15) is 0 Å². The van der Waals surface area contributed by atoms with Crippen molar-refractivity contribution in [3.8, 4) is 0 Å². The van der Waals surface area contributed by atoms with E-state index in [9.17, 15) is 5.11 Å². The van der Waals surface area contributed by atoms with E-state index < -0.39 is 0 Å². The lowest BCUT2D eigenvalue weighted by atomic mass is 9.87. The number of piperidine rings is 1. The summed E-state index contributed by atoms with van der Waals surface area (Å²) in [7, 11) is 4.45. The van der Waals surface area contributed by atoms with Crippen LogP contribution in [0.4, 0.5) is 5.69 Å². The minimum Gasteiger partial charge on any atom is -0.393 e. The molecule has 25 heavy (non-hydrogen) atoms. The lowest BCUT2D eigenvalue weighted by Gasteiger charge is -2.37. The third kappa shape index (κ3) is 6.28. The van der Waals surface area contributed by atoms with Gasteiger partial charge >= 0.3 is 0 Å². The molecule has 1 atom stereocenters. The van der Waals surface area contributed by atoms with Crippen LogP contribution in [-0.4, -0.2) is 55.9 Å². The second-order valence-electron chi connectivity index (χ2n) is 8.59. The maximum absolute atomic E-state index is 9.65. The fourth-order valence-electron chi connectivity index (χ4n) is 3.99. The fraction of sp³-hybridized carbons (Fsp3) is 0.714. The molecule has 1 aliphatic heterocycles. The lowest BCUT2D eigenvalue weighted by molar-refractivity contribution is 0.128. The molecule has 4 heteroatoms. The molecule has 2 N–H and O–H groups in total. The van der Waals surface area contributed by atoms with Crippen LogP contribution < -0.4 is 10.2 Å². The van der Waals surface area contributed by atoms with Crippen molar-refractivity contribution in [1.29, 1.82) is 0 Å². The molecule has 1 aromatic carbocycles. The van der Waals surface area contributed by atoms with Crippen LogP contribution >= 0.6 is 0 Å². The number of benzene rings is 1. The van der Waals surface area contributed by atoms with Crippen molar-refractivity contribution in [2.75, 3.05) is 38.6 Å². The molecule has 0 aliphatic carbocycles. The molecule has 0 bridgehead atoms. The van der Waals surface area contributed by atoms with Crippen molar-refractivity contribution < 1.29 is 5.11 Å². The van der Waals surface area contributed by atoms with Crippen molar-refractivity contribution in [1.82, 2.24) is 10.2 Å². The average molecular weight is 348 g/mol. The van der Waals surface area contributed by atoms with Gasteiger partial charge in [-0.3, -0.25) is 0 Å². The number of rotatable bonds is 8. The Hall–Kier alpha value is -1.10. The summed E-state index contributed by atoms with van der Waals surface area (Å²) in [5.74, 6) is 0. The number of hydrogen-bond donors (Lipinski definition) is 2. The number of anilines is 1. The van der Waals surface area contributed by atoms with Crippen LogP contribution in [0.2, 0.25) is 0 Å². The summed E-state index contributed by atoms with van der Waals surface area (Å²) in [6.07, 6.45) is 3.03. The van der Waals surface area contributed by atoms with Gasteiger partial charge in [0.15, 0.2) is 0 Å². The SMILES string of the molecule is CC(O)CC(C)(C)CNCc1ccccc1N(C)C1CCN(C)CC1. The van der Waals surface area contributed by atoms with E-state index >= 15 is 0 Å². The number of nitrogens with zero attached hydrogens (tertiary/aromatic N) is 2. The Morgan fingerprint density at radius 3 is 2.56 bits per heavy atom. The van der Waals surface area contributed by atoms with Gasteiger partial charge in [0.1, 0.15) is 0 Å². The second kappa shape index (κ2) is 9.02. The summed E-state index contributed by atoms with van der Waals surface area (Å²) >= 11 is 0. The monoisotopic (exact) mass is 347 g/mol. The Morgan fingerprint density at radius 2 is 1.92 bits per heavy atom. The summed E-state index contributed by atoms with van der Waals surface area (Å²) in [5.41, 5.74) is 2.80. The van der Waals surface area contributed by atoms with Gasteiger partial charge in [0, 0.05) is 31.9 Å². The molecule has 142 valence electrons. The van der Waals surface area contributed by atoms with E-state index in [4.69, 9.17) is 0 Å². The Bertz CT molecular complexity index is 522. The van der Waals surface area contributed by atoms with E-state index in [1.165, 1.54) is 37.2 Å². The average Bonchev–Trinajstić information content (AvgIpc) is 2.54. The zero-order chi connectivity index (χ0) is 18.4. The van der Waals surface area contributed by atoms with Gasteiger partial charge < -0.3 is 20.2 Å². The quantitative estimate of drug-likeness (QED) is 0.758. The molecule has 1 heterocycles. The van der Waals surface area contributed by atoms with E-state index in [2.05, 4.69) is 67.3 Å². The molecule has 0 spiro atoms. The van der Waals surface area contributed by atoms with Crippen molar-refractivity contribution in [2.24, 2.45) is 5.41 Å². The number of hydrogen-bond acceptors (Lipinski definition) is 4. The number of nitrogens with one attached hydrogen (secondary N) is 1. The second-order valence-corrected chi connectivity index (χ2v) is 8.59. The van der Waals surface area contributed by atoms with Crippen molar-refractivity contribution in [3.63, 3.8) is 0 Å². The first-order chi connectivity index (χ1) is 11.8. The van der Waals surface area contributed by atoms with Gasteiger partial charge in [-0.25, -0.2) is 0 Å². The summed E-state index contributed by atoms with van der Waals surface area (Å²) in [4.78, 5) is 4.90. The van der Waals surface area contributed by atoms with Crippen molar-refractivity contribution >= 4 is 5.69 Å². The highest BCUT2D eigenvalue weighted by Gasteiger charge is 2.23. The highest BCUT2D eigenvalue weighted by Crippen LogP contribution is 2.26. The zero-order valence-electron chi connectivity index (χ0n) is 16.8. The largest absolute Gasteiger partial charge is 0.393 e. The molecule has 0 aromatic heterocycles. The fourth-order valence-corrected chi connectivity index (χ4v) is 3.99. The highest BCUT2D eigenvalue weighted by molar-refractivity contribution is 5.54. The third-order valence-electron chi connectivity index (χ3n) is 5.37. The molecule has 1 aromatic rings. The lowest BCUT2D eigenvalue weighted by Crippen LogP contribution is -2.42. The van der Waals surface area contributed by atoms with Gasteiger partial charge in [0.05, 0.1) is 6.10 Å². The minimum atomic E-state index is -0.250. The maximum atomic E-state index is 9.65. The molecule has 1 saturated heterocycles. The smallest absolute Gasteiger partial charge is 0.0517 e. The Kier molecular flexibility index (Phi) is 7.29. The van der Waals surface area contributed by atoms with Crippen LogP contribution in [-0.2, 0) is 6.54 Å². The van der Waals surface area contributed by atoms with Crippen molar-refractivity contribution in [2.45, 2.75) is 58.7 Å². The van der Waals surface area contributed by atoms with Gasteiger partial charge in [-0.1, -0.05) is 32.0 Å². The Labute approximate surface area is 154 Å². The number of aliphatic hydroxyl groups excluding tert-OH is 1. The molecular weight excluding hydrogens is 310 g/mol. The molecule has 0 radical (unpaired) electrons. The summed E-state index contributed by atoms with van der Waals surface area (Å²) in [6, 6.07) is 9.38. The first-order valence-corrected chi connectivity index (χ1v) is 9.66. The number of likely N-dealkylation sites (tertiary alicyclic amines) is 1. The van der Waals surface area contributed by atoms with E-state index in [0.717, 1.165) is 19.5 Å². The molecule has 1 unspecified atom stereocenters. The standard InChI is InChI=1S/C21H37N3O/c1-17(25)14-21(2,3)16-22-15-18-8-6-7-9-20(18)24(5)19-10-12-23(4)13-11-19/h6-9,17,19,22,25H,10-16H2,1-5H3. The summed E-state index contributed by atoms with van der Waals surface area (Å²) < 4.78 is 0. The molecule has 2 rings (SSSR count). The molecular formula is C21H37N3O. The van der Waals surface area contributed by atoms with Gasteiger partial charge in [0.2, 0.25) is 0 Å². The highest BCUT2D eigenvalue weighted by atomic mass is 16.3. The van der Waals surface area contributed by atoms with Crippen LogP contribution in [0.15, 0.2) is 24.3 Å². The van der Waals surface area contributed by atoms with E-state index in [1.54, 1.807) is 0 Å². The van der Waals surface area contributed by atoms with Gasteiger partial charge in [-0.05, 0) is 63.4 Å². The number of aliphatic hydroxyl groups is 1. The normalized spacial score (nSPS) is 18.3. The summed E-state index contributed by atoms with van der Waals surface area (Å²) in [6.45, 7) is 10.4. The van der Waals surface area contributed by atoms with E-state index in [0.29, 0.717) is 6.04 Å².